The number of nitrogens with one attached hydrogen (secondary N) is 1. The molecule has 1 amide bonds. The number of anilines is 1. The summed E-state index contributed by atoms with van der Waals surface area (Å²) in [7, 11) is 0. The molecule has 22 heavy (non-hydrogen) atoms. The van der Waals surface area contributed by atoms with Gasteiger partial charge in [0, 0.05) is 23.2 Å². The van der Waals surface area contributed by atoms with Crippen LogP contribution in [0.5, 0.6) is 0 Å². The predicted octanol–water partition coefficient (Wildman–Crippen LogP) is 3.80. The molecule has 0 radical (unpaired) electrons. The standard InChI is InChI=1S/C15H17N3O4/c1-9-7-13(17-14(19)22-15(2,3)4)11-8-10(18(20)21)5-6-12(11)16-9/h5-8H,1-4H3,(H,16,17,19). The minimum absolute atomic E-state index is 0.0645. The normalized spacial score (nSPS) is 11.3. The molecular formula is C15H17N3O4. The average molecular weight is 303 g/mol. The number of aromatic nitrogens is 1. The Morgan fingerprint density at radius 2 is 2.00 bits per heavy atom. The first kappa shape index (κ1) is 15.7. The summed E-state index contributed by atoms with van der Waals surface area (Å²) in [6.07, 6.45) is -0.620. The number of amides is 1. The number of nitro groups is 1. The zero-order valence-corrected chi connectivity index (χ0v) is 12.8. The zero-order chi connectivity index (χ0) is 16.5. The van der Waals surface area contributed by atoms with Gasteiger partial charge in [0.05, 0.1) is 16.1 Å². The van der Waals surface area contributed by atoms with Crippen LogP contribution in [0.4, 0.5) is 16.2 Å². The second-order valence-corrected chi connectivity index (χ2v) is 5.90. The van der Waals surface area contributed by atoms with E-state index < -0.39 is 16.6 Å². The molecule has 0 aliphatic carbocycles. The van der Waals surface area contributed by atoms with Crippen molar-refractivity contribution in [1.29, 1.82) is 0 Å². The van der Waals surface area contributed by atoms with Gasteiger partial charge in [-0.15, -0.1) is 0 Å². The zero-order valence-electron chi connectivity index (χ0n) is 12.8. The summed E-state index contributed by atoms with van der Waals surface area (Å²) in [6, 6.07) is 5.97. The number of hydrogen-bond acceptors (Lipinski definition) is 5. The molecule has 2 rings (SSSR count). The molecule has 0 unspecified atom stereocenters. The highest BCUT2D eigenvalue weighted by Gasteiger charge is 2.18. The van der Waals surface area contributed by atoms with Crippen molar-refractivity contribution in [2.24, 2.45) is 0 Å². The van der Waals surface area contributed by atoms with Crippen LogP contribution in [0.25, 0.3) is 10.9 Å². The number of non-ortho nitro benzene ring substituents is 1. The lowest BCUT2D eigenvalue weighted by Crippen LogP contribution is -2.27. The Balaban J connectivity index is 2.45. The highest BCUT2D eigenvalue weighted by molar-refractivity contribution is 5.99. The number of pyridine rings is 1. The fraction of sp³-hybridized carbons (Fsp3) is 0.333. The molecular weight excluding hydrogens is 286 g/mol. The maximum atomic E-state index is 11.9. The van der Waals surface area contributed by atoms with Gasteiger partial charge in [-0.05, 0) is 39.8 Å². The number of hydrogen-bond donors (Lipinski definition) is 1. The molecule has 0 fully saturated rings. The molecule has 2 aromatic rings. The predicted molar refractivity (Wildman–Crippen MR) is 83.0 cm³/mol. The summed E-state index contributed by atoms with van der Waals surface area (Å²) < 4.78 is 5.20. The van der Waals surface area contributed by atoms with E-state index in [2.05, 4.69) is 10.3 Å². The van der Waals surface area contributed by atoms with Crippen molar-refractivity contribution in [2.45, 2.75) is 33.3 Å². The van der Waals surface area contributed by atoms with Crippen molar-refractivity contribution in [3.05, 3.63) is 40.1 Å². The van der Waals surface area contributed by atoms with E-state index in [0.29, 0.717) is 22.3 Å². The van der Waals surface area contributed by atoms with Crippen LogP contribution in [0.15, 0.2) is 24.3 Å². The maximum Gasteiger partial charge on any atom is 0.412 e. The van der Waals surface area contributed by atoms with E-state index in [1.807, 2.05) is 0 Å². The SMILES string of the molecule is Cc1cc(NC(=O)OC(C)(C)C)c2cc([N+](=O)[O-])ccc2n1. The summed E-state index contributed by atoms with van der Waals surface area (Å²) >= 11 is 0. The number of aryl methyl sites for hydroxylation is 1. The summed E-state index contributed by atoms with van der Waals surface area (Å²) in [5.74, 6) is 0. The van der Waals surface area contributed by atoms with Gasteiger partial charge in [-0.3, -0.25) is 20.4 Å². The highest BCUT2D eigenvalue weighted by Crippen LogP contribution is 2.27. The van der Waals surface area contributed by atoms with Crippen molar-refractivity contribution < 1.29 is 14.5 Å². The quantitative estimate of drug-likeness (QED) is 0.672. The Labute approximate surface area is 127 Å². The van der Waals surface area contributed by atoms with Gasteiger partial charge >= 0.3 is 6.09 Å². The third-order valence-electron chi connectivity index (χ3n) is 2.77. The first-order valence-corrected chi connectivity index (χ1v) is 6.71. The number of fused-ring (bicyclic) bond motifs is 1. The third-order valence-corrected chi connectivity index (χ3v) is 2.77. The van der Waals surface area contributed by atoms with Gasteiger partial charge in [0.2, 0.25) is 0 Å². The summed E-state index contributed by atoms with van der Waals surface area (Å²) in [5.41, 5.74) is 0.989. The van der Waals surface area contributed by atoms with Gasteiger partial charge < -0.3 is 4.74 Å². The number of carbonyl (C=O) groups is 1. The molecule has 116 valence electrons. The van der Waals surface area contributed by atoms with Crippen molar-refractivity contribution in [3.8, 4) is 0 Å². The van der Waals surface area contributed by atoms with Crippen LogP contribution in [-0.2, 0) is 4.74 Å². The number of benzene rings is 1. The maximum absolute atomic E-state index is 11.9. The Bertz CT molecular complexity index is 750. The fourth-order valence-corrected chi connectivity index (χ4v) is 1.98. The van der Waals surface area contributed by atoms with E-state index in [4.69, 9.17) is 4.74 Å². The molecule has 1 N–H and O–H groups in total. The Hall–Kier alpha value is -2.70. The lowest BCUT2D eigenvalue weighted by molar-refractivity contribution is -0.384. The van der Waals surface area contributed by atoms with Gasteiger partial charge in [0.1, 0.15) is 5.60 Å². The second-order valence-electron chi connectivity index (χ2n) is 5.90. The molecule has 1 heterocycles. The summed E-state index contributed by atoms with van der Waals surface area (Å²) in [5, 5.41) is 14.0. The van der Waals surface area contributed by atoms with Gasteiger partial charge in [-0.1, -0.05) is 0 Å². The minimum atomic E-state index is -0.631. The Morgan fingerprint density at radius 1 is 1.32 bits per heavy atom. The molecule has 0 atom stereocenters. The molecule has 7 heteroatoms. The van der Waals surface area contributed by atoms with E-state index >= 15 is 0 Å². The van der Waals surface area contributed by atoms with Crippen LogP contribution in [0.2, 0.25) is 0 Å². The number of nitro benzene ring substituents is 1. The Morgan fingerprint density at radius 3 is 2.59 bits per heavy atom. The fourth-order valence-electron chi connectivity index (χ4n) is 1.98. The van der Waals surface area contributed by atoms with E-state index in [1.165, 1.54) is 12.1 Å². The van der Waals surface area contributed by atoms with Gasteiger partial charge in [-0.25, -0.2) is 4.79 Å². The van der Waals surface area contributed by atoms with Crippen molar-refractivity contribution in [3.63, 3.8) is 0 Å². The molecule has 0 aliphatic rings. The van der Waals surface area contributed by atoms with Crippen LogP contribution < -0.4 is 5.32 Å². The second kappa shape index (κ2) is 5.59. The van der Waals surface area contributed by atoms with E-state index in [1.54, 1.807) is 39.8 Å². The first-order chi connectivity index (χ1) is 10.2. The molecule has 7 nitrogen and oxygen atoms in total. The number of rotatable bonds is 2. The van der Waals surface area contributed by atoms with Crippen molar-refractivity contribution in [1.82, 2.24) is 4.98 Å². The molecule has 0 spiro atoms. The van der Waals surface area contributed by atoms with E-state index in [0.717, 1.165) is 0 Å². The molecule has 0 saturated heterocycles. The van der Waals surface area contributed by atoms with Crippen LogP contribution >= 0.6 is 0 Å². The molecule has 0 aliphatic heterocycles. The van der Waals surface area contributed by atoms with Crippen LogP contribution in [0.3, 0.4) is 0 Å². The van der Waals surface area contributed by atoms with Crippen LogP contribution in [0.1, 0.15) is 26.5 Å². The number of ether oxygens (including phenoxy) is 1. The number of carbonyl (C=O) groups excluding carboxylic acids is 1. The van der Waals surface area contributed by atoms with Gasteiger partial charge in [0.25, 0.3) is 5.69 Å². The van der Waals surface area contributed by atoms with E-state index in [-0.39, 0.29) is 5.69 Å². The monoisotopic (exact) mass is 303 g/mol. The van der Waals surface area contributed by atoms with Gasteiger partial charge in [-0.2, -0.15) is 0 Å². The highest BCUT2D eigenvalue weighted by atomic mass is 16.6. The van der Waals surface area contributed by atoms with Gasteiger partial charge in [0.15, 0.2) is 0 Å². The topological polar surface area (TPSA) is 94.4 Å². The minimum Gasteiger partial charge on any atom is -0.444 e. The van der Waals surface area contributed by atoms with Crippen LogP contribution in [0, 0.1) is 17.0 Å². The smallest absolute Gasteiger partial charge is 0.412 e. The van der Waals surface area contributed by atoms with Crippen LogP contribution in [-0.4, -0.2) is 21.6 Å². The molecule has 0 bridgehead atoms. The van der Waals surface area contributed by atoms with E-state index in [9.17, 15) is 14.9 Å². The molecule has 0 saturated carbocycles. The third kappa shape index (κ3) is 3.69. The summed E-state index contributed by atoms with van der Waals surface area (Å²) in [6.45, 7) is 7.05. The average Bonchev–Trinajstić information content (AvgIpc) is 2.35. The Kier molecular flexibility index (Phi) is 3.99. The molecule has 1 aromatic heterocycles. The largest absolute Gasteiger partial charge is 0.444 e. The first-order valence-electron chi connectivity index (χ1n) is 6.71. The van der Waals surface area contributed by atoms with Crippen molar-refractivity contribution >= 4 is 28.4 Å². The number of nitrogens with zero attached hydrogens (tertiary/aromatic N) is 2. The van der Waals surface area contributed by atoms with Crippen molar-refractivity contribution in [2.75, 3.05) is 5.32 Å². The molecule has 1 aromatic carbocycles. The summed E-state index contributed by atoms with van der Waals surface area (Å²) in [4.78, 5) is 26.6. The lowest BCUT2D eigenvalue weighted by Gasteiger charge is -2.20. The lowest BCUT2D eigenvalue weighted by atomic mass is 10.1.